The fourth-order valence-electron chi connectivity index (χ4n) is 3.55. The van der Waals surface area contributed by atoms with Crippen LogP contribution in [0, 0.1) is 30.5 Å². The molecule has 0 spiro atoms. The highest BCUT2D eigenvalue weighted by atomic mass is 19.1. The van der Waals surface area contributed by atoms with E-state index in [-0.39, 0.29) is 5.82 Å². The van der Waals surface area contributed by atoms with Crippen LogP contribution >= 0.6 is 0 Å². The Bertz CT molecular complexity index is 455. The molecule has 1 nitrogen and oxygen atoms in total. The lowest BCUT2D eigenvalue weighted by atomic mass is 9.71. The second-order valence-electron chi connectivity index (χ2n) is 7.35. The van der Waals surface area contributed by atoms with E-state index < -0.39 is 0 Å². The molecule has 0 aliphatic heterocycles. The fourth-order valence-corrected chi connectivity index (χ4v) is 3.55. The van der Waals surface area contributed by atoms with Crippen molar-refractivity contribution in [3.63, 3.8) is 0 Å². The van der Waals surface area contributed by atoms with E-state index in [1.165, 1.54) is 24.8 Å². The quantitative estimate of drug-likeness (QED) is 0.813. The van der Waals surface area contributed by atoms with Gasteiger partial charge in [-0.2, -0.15) is 0 Å². The van der Waals surface area contributed by atoms with Crippen LogP contribution in [-0.4, -0.2) is 13.1 Å². The number of halogens is 1. The van der Waals surface area contributed by atoms with Gasteiger partial charge in [-0.05, 0) is 73.7 Å². The Morgan fingerprint density at radius 2 is 2.05 bits per heavy atom. The Hall–Kier alpha value is -0.890. The summed E-state index contributed by atoms with van der Waals surface area (Å²) in [7, 11) is 0. The summed E-state index contributed by atoms with van der Waals surface area (Å²) in [5.74, 6) is 2.65. The zero-order valence-electron chi connectivity index (χ0n) is 14.0. The average molecular weight is 291 g/mol. The van der Waals surface area contributed by atoms with E-state index in [2.05, 4.69) is 32.2 Å². The van der Waals surface area contributed by atoms with Crippen LogP contribution in [0.25, 0.3) is 0 Å². The average Bonchev–Trinajstić information content (AvgIpc) is 2.43. The van der Waals surface area contributed by atoms with Gasteiger partial charge in [-0.3, -0.25) is 0 Å². The first kappa shape index (κ1) is 16.5. The van der Waals surface area contributed by atoms with E-state index in [9.17, 15) is 4.39 Å². The SMILES string of the molecule is Cc1cc(C2CC(C)CCC2CNCC(C)C)ccc1F. The van der Waals surface area contributed by atoms with Crippen molar-refractivity contribution in [3.05, 3.63) is 35.1 Å². The monoisotopic (exact) mass is 291 g/mol. The zero-order chi connectivity index (χ0) is 15.4. The first-order valence-electron chi connectivity index (χ1n) is 8.44. The number of hydrogen-bond donors (Lipinski definition) is 1. The molecule has 0 radical (unpaired) electrons. The molecule has 0 aromatic heterocycles. The minimum atomic E-state index is -0.0860. The Morgan fingerprint density at radius 3 is 2.71 bits per heavy atom. The Kier molecular flexibility index (Phi) is 5.80. The molecule has 0 heterocycles. The smallest absolute Gasteiger partial charge is 0.126 e. The van der Waals surface area contributed by atoms with Crippen LogP contribution in [-0.2, 0) is 0 Å². The highest BCUT2D eigenvalue weighted by molar-refractivity contribution is 5.28. The van der Waals surface area contributed by atoms with Gasteiger partial charge >= 0.3 is 0 Å². The van der Waals surface area contributed by atoms with Crippen LogP contribution in [0.5, 0.6) is 0 Å². The maximum absolute atomic E-state index is 13.5. The lowest BCUT2D eigenvalue weighted by Crippen LogP contribution is -2.33. The molecule has 1 N–H and O–H groups in total. The summed E-state index contributed by atoms with van der Waals surface area (Å²) in [5.41, 5.74) is 2.11. The normalized spacial score (nSPS) is 26.3. The number of rotatable bonds is 5. The highest BCUT2D eigenvalue weighted by Crippen LogP contribution is 2.40. The van der Waals surface area contributed by atoms with Crippen molar-refractivity contribution in [1.29, 1.82) is 0 Å². The Balaban J connectivity index is 2.08. The van der Waals surface area contributed by atoms with E-state index >= 15 is 0 Å². The topological polar surface area (TPSA) is 12.0 Å². The summed E-state index contributed by atoms with van der Waals surface area (Å²) in [6, 6.07) is 5.70. The van der Waals surface area contributed by atoms with Crippen molar-refractivity contribution < 1.29 is 4.39 Å². The van der Waals surface area contributed by atoms with Crippen molar-refractivity contribution in [2.75, 3.05) is 13.1 Å². The molecule has 3 unspecified atom stereocenters. The number of nitrogens with one attached hydrogen (secondary N) is 1. The molecule has 1 fully saturated rings. The van der Waals surface area contributed by atoms with Gasteiger partial charge in [0.15, 0.2) is 0 Å². The Morgan fingerprint density at radius 1 is 1.29 bits per heavy atom. The maximum Gasteiger partial charge on any atom is 0.126 e. The molecule has 1 aliphatic rings. The van der Waals surface area contributed by atoms with Gasteiger partial charge in [-0.1, -0.05) is 39.3 Å². The van der Waals surface area contributed by atoms with E-state index in [0.717, 1.165) is 24.6 Å². The Labute approximate surface area is 129 Å². The number of aryl methyl sites for hydroxylation is 1. The molecule has 0 amide bonds. The third-order valence-electron chi connectivity index (χ3n) is 4.82. The fraction of sp³-hybridized carbons (Fsp3) is 0.684. The molecule has 0 bridgehead atoms. The number of benzene rings is 1. The van der Waals surface area contributed by atoms with E-state index in [1.54, 1.807) is 6.07 Å². The summed E-state index contributed by atoms with van der Waals surface area (Å²) in [6.45, 7) is 10.9. The molecule has 1 aromatic rings. The van der Waals surface area contributed by atoms with Crippen LogP contribution in [0.15, 0.2) is 18.2 Å². The first-order chi connectivity index (χ1) is 9.97. The summed E-state index contributed by atoms with van der Waals surface area (Å²) in [4.78, 5) is 0. The van der Waals surface area contributed by atoms with Crippen LogP contribution < -0.4 is 5.32 Å². The number of hydrogen-bond acceptors (Lipinski definition) is 1. The lowest BCUT2D eigenvalue weighted by molar-refractivity contribution is 0.240. The molecule has 2 heteroatoms. The van der Waals surface area contributed by atoms with Gasteiger partial charge in [0, 0.05) is 0 Å². The molecule has 2 rings (SSSR count). The summed E-state index contributed by atoms with van der Waals surface area (Å²) in [5, 5.41) is 3.62. The van der Waals surface area contributed by atoms with Gasteiger partial charge in [0.25, 0.3) is 0 Å². The molecule has 1 aliphatic carbocycles. The summed E-state index contributed by atoms with van der Waals surface area (Å²) >= 11 is 0. The lowest BCUT2D eigenvalue weighted by Gasteiger charge is -2.36. The maximum atomic E-state index is 13.5. The standard InChI is InChI=1S/C19H30FN/c1-13(2)11-21-12-17-6-5-14(3)9-18(17)16-7-8-19(20)15(4)10-16/h7-8,10,13-14,17-18,21H,5-6,9,11-12H2,1-4H3. The summed E-state index contributed by atoms with van der Waals surface area (Å²) in [6.07, 6.45) is 3.84. The predicted molar refractivity (Wildman–Crippen MR) is 88.1 cm³/mol. The molecule has 21 heavy (non-hydrogen) atoms. The van der Waals surface area contributed by atoms with Gasteiger partial charge in [0.05, 0.1) is 0 Å². The van der Waals surface area contributed by atoms with Crippen molar-refractivity contribution >= 4 is 0 Å². The third kappa shape index (κ3) is 4.54. The summed E-state index contributed by atoms with van der Waals surface area (Å²) < 4.78 is 13.5. The van der Waals surface area contributed by atoms with Crippen molar-refractivity contribution in [2.45, 2.75) is 52.9 Å². The van der Waals surface area contributed by atoms with Crippen molar-refractivity contribution in [1.82, 2.24) is 5.32 Å². The van der Waals surface area contributed by atoms with Crippen LogP contribution in [0.2, 0.25) is 0 Å². The second-order valence-corrected chi connectivity index (χ2v) is 7.35. The van der Waals surface area contributed by atoms with Crippen LogP contribution in [0.3, 0.4) is 0 Å². The van der Waals surface area contributed by atoms with Gasteiger partial charge in [-0.15, -0.1) is 0 Å². The van der Waals surface area contributed by atoms with Gasteiger partial charge in [-0.25, -0.2) is 4.39 Å². The zero-order valence-corrected chi connectivity index (χ0v) is 14.0. The van der Waals surface area contributed by atoms with E-state index in [4.69, 9.17) is 0 Å². The molecular formula is C19H30FN. The minimum absolute atomic E-state index is 0.0860. The minimum Gasteiger partial charge on any atom is -0.316 e. The van der Waals surface area contributed by atoms with E-state index in [0.29, 0.717) is 17.8 Å². The third-order valence-corrected chi connectivity index (χ3v) is 4.82. The van der Waals surface area contributed by atoms with Crippen LogP contribution in [0.1, 0.15) is 57.1 Å². The predicted octanol–water partition coefficient (Wildman–Crippen LogP) is 4.90. The van der Waals surface area contributed by atoms with Crippen molar-refractivity contribution in [3.8, 4) is 0 Å². The van der Waals surface area contributed by atoms with Gasteiger partial charge in [0.1, 0.15) is 5.82 Å². The molecular weight excluding hydrogens is 261 g/mol. The van der Waals surface area contributed by atoms with Crippen LogP contribution in [0.4, 0.5) is 4.39 Å². The van der Waals surface area contributed by atoms with E-state index in [1.807, 2.05) is 13.0 Å². The molecule has 1 aromatic carbocycles. The first-order valence-corrected chi connectivity index (χ1v) is 8.44. The van der Waals surface area contributed by atoms with Gasteiger partial charge < -0.3 is 5.32 Å². The highest BCUT2D eigenvalue weighted by Gasteiger charge is 2.29. The second kappa shape index (κ2) is 7.40. The molecule has 0 saturated heterocycles. The largest absolute Gasteiger partial charge is 0.316 e. The van der Waals surface area contributed by atoms with Gasteiger partial charge in [0.2, 0.25) is 0 Å². The van der Waals surface area contributed by atoms with Crippen molar-refractivity contribution in [2.24, 2.45) is 17.8 Å². The molecule has 1 saturated carbocycles. The molecule has 118 valence electrons. The molecule has 3 atom stereocenters.